The second kappa shape index (κ2) is 19.6. The number of fused-ring (bicyclic) bond motifs is 2. The highest BCUT2D eigenvalue weighted by atomic mass is 16.7. The summed E-state index contributed by atoms with van der Waals surface area (Å²) < 4.78 is 20.1. The molecule has 0 spiro atoms. The minimum Gasteiger partial charge on any atom is -0.459 e. The van der Waals surface area contributed by atoms with Gasteiger partial charge in [-0.25, -0.2) is 4.79 Å². The van der Waals surface area contributed by atoms with E-state index in [0.29, 0.717) is 60.7 Å². The third-order valence-electron chi connectivity index (χ3n) is 11.0. The number of nitrogens with one attached hydrogen (secondary N) is 1. The summed E-state index contributed by atoms with van der Waals surface area (Å²) in [6, 6.07) is 13.5. The number of hydrogen-bond donors (Lipinski definition) is 3. The number of unbranched alkanes of at least 4 members (excludes halogenated alkanes) is 2. The number of oxime groups is 1. The number of nitriles is 1. The molecular weight excluding hydrogens is 725 g/mol. The molecular formula is C45H60N4O8. The lowest BCUT2D eigenvalue weighted by molar-refractivity contribution is -0.254. The van der Waals surface area contributed by atoms with E-state index in [-0.39, 0.29) is 49.9 Å². The Kier molecular flexibility index (Phi) is 15.0. The minimum atomic E-state index is -1.43. The Morgan fingerprint density at radius 2 is 1.81 bits per heavy atom. The van der Waals surface area contributed by atoms with Gasteiger partial charge in [0.25, 0.3) is 5.91 Å². The van der Waals surface area contributed by atoms with Crippen LogP contribution in [0, 0.1) is 29.1 Å². The number of aliphatic hydroxyl groups excluding tert-OH is 2. The molecule has 12 nitrogen and oxygen atoms in total. The highest BCUT2D eigenvalue weighted by Gasteiger charge is 2.65. The van der Waals surface area contributed by atoms with Crippen LogP contribution in [0.3, 0.4) is 0 Å². The normalized spacial score (nSPS) is 24.2. The van der Waals surface area contributed by atoms with Crippen LogP contribution in [0.15, 0.2) is 71.9 Å². The third-order valence-corrected chi connectivity index (χ3v) is 11.0. The summed E-state index contributed by atoms with van der Waals surface area (Å²) in [6.45, 7) is 14.7. The Morgan fingerprint density at radius 1 is 1.09 bits per heavy atom. The summed E-state index contributed by atoms with van der Waals surface area (Å²) in [5.41, 5.74) is 2.74. The molecule has 1 heterocycles. The van der Waals surface area contributed by atoms with E-state index in [2.05, 4.69) is 24.0 Å². The summed E-state index contributed by atoms with van der Waals surface area (Å²) in [7, 11) is 0. The van der Waals surface area contributed by atoms with E-state index in [0.717, 1.165) is 36.8 Å². The van der Waals surface area contributed by atoms with Gasteiger partial charge in [0, 0.05) is 49.8 Å². The molecule has 0 saturated heterocycles. The maximum absolute atomic E-state index is 14.8. The molecule has 2 aliphatic carbocycles. The first-order valence-corrected chi connectivity index (χ1v) is 20.5. The average molecular weight is 785 g/mol. The standard InChI is InChI=1S/C45H60N4O8/c1-7-22-49(42(52)31-18-16-30(29-46)17-19-31)39-28-37(48-57-44(4,5)6)35-26-32(14-10-12-23-50)34(15-11-13-24-51)40-36-27-33(55-43(53)47-9-3)20-21-38(36)56-45(39,41(35)40)54-25-8-2/h8,16-21,26-27,32,34,39-41,50-51H,2,7,9-15,22-25,28H2,1,3-6H3,(H,47,53)/t32-,34+,39-,40+,41+,45+/m0/s1. The average Bonchev–Trinajstić information content (AvgIpc) is 3.19. The first kappa shape index (κ1) is 43.4. The van der Waals surface area contributed by atoms with Gasteiger partial charge in [0.1, 0.15) is 23.1 Å². The van der Waals surface area contributed by atoms with Crippen molar-refractivity contribution in [2.75, 3.05) is 32.9 Å². The lowest BCUT2D eigenvalue weighted by Gasteiger charge is -2.60. The van der Waals surface area contributed by atoms with Gasteiger partial charge < -0.3 is 39.5 Å². The fourth-order valence-electron chi connectivity index (χ4n) is 8.68. The second-order valence-electron chi connectivity index (χ2n) is 16.1. The van der Waals surface area contributed by atoms with Gasteiger partial charge in [-0.1, -0.05) is 37.1 Å². The molecule has 0 unspecified atom stereocenters. The molecule has 5 rings (SSSR count). The van der Waals surface area contributed by atoms with E-state index in [1.807, 2.05) is 51.7 Å². The van der Waals surface area contributed by atoms with Crippen molar-refractivity contribution < 1.29 is 38.9 Å². The molecule has 2 amide bonds. The van der Waals surface area contributed by atoms with Crippen molar-refractivity contribution in [1.82, 2.24) is 10.2 Å². The molecule has 1 saturated carbocycles. The van der Waals surface area contributed by atoms with Crippen LogP contribution in [-0.4, -0.2) is 83.2 Å². The van der Waals surface area contributed by atoms with E-state index >= 15 is 0 Å². The lowest BCUT2D eigenvalue weighted by atomic mass is 9.55. The summed E-state index contributed by atoms with van der Waals surface area (Å²) in [6.07, 6.45) is 8.76. The van der Waals surface area contributed by atoms with Crippen molar-refractivity contribution in [3.8, 4) is 17.6 Å². The molecule has 0 bridgehead atoms. The molecule has 2 aromatic rings. The maximum Gasteiger partial charge on any atom is 0.412 e. The van der Waals surface area contributed by atoms with Crippen molar-refractivity contribution in [2.24, 2.45) is 22.9 Å². The highest BCUT2D eigenvalue weighted by molar-refractivity contribution is 6.03. The quantitative estimate of drug-likeness (QED) is 0.0783. The Labute approximate surface area is 337 Å². The Hall–Kier alpha value is -4.70. The molecule has 2 aromatic carbocycles. The van der Waals surface area contributed by atoms with E-state index < -0.39 is 29.4 Å². The smallest absolute Gasteiger partial charge is 0.412 e. The van der Waals surface area contributed by atoms with Crippen molar-refractivity contribution in [1.29, 1.82) is 5.26 Å². The molecule has 308 valence electrons. The van der Waals surface area contributed by atoms with Gasteiger partial charge in [-0.05, 0) is 120 Å². The first-order valence-electron chi connectivity index (χ1n) is 20.5. The molecule has 57 heavy (non-hydrogen) atoms. The Bertz CT molecular complexity index is 1810. The number of rotatable bonds is 18. The van der Waals surface area contributed by atoms with Crippen LogP contribution in [0.25, 0.3) is 0 Å². The molecule has 1 fully saturated rings. The van der Waals surface area contributed by atoms with Crippen LogP contribution in [0.2, 0.25) is 0 Å². The van der Waals surface area contributed by atoms with E-state index in [1.54, 1.807) is 36.4 Å². The molecule has 3 N–H and O–H groups in total. The van der Waals surface area contributed by atoms with Crippen LogP contribution < -0.4 is 14.8 Å². The monoisotopic (exact) mass is 784 g/mol. The summed E-state index contributed by atoms with van der Waals surface area (Å²) in [5, 5.41) is 36.8. The van der Waals surface area contributed by atoms with E-state index in [4.69, 9.17) is 24.2 Å². The van der Waals surface area contributed by atoms with E-state index in [1.165, 1.54) is 0 Å². The first-order chi connectivity index (χ1) is 27.4. The molecule has 12 heteroatoms. The second-order valence-corrected chi connectivity index (χ2v) is 16.1. The van der Waals surface area contributed by atoms with Crippen LogP contribution in [0.1, 0.15) is 113 Å². The molecule has 3 aliphatic rings. The van der Waals surface area contributed by atoms with Gasteiger partial charge in [-0.2, -0.15) is 5.26 Å². The van der Waals surface area contributed by atoms with Crippen LogP contribution in [-0.2, 0) is 9.57 Å². The SMILES string of the molecule is C=CCO[C@@]12Oc3ccc(OC(=O)NCC)cc3[C@H]3[C@H](CCCCO)[C@@H](CCCCO)C=C(C(=NOC(C)(C)C)C[C@@H]1N(CCC)C(=O)c1ccc(C#N)cc1)[C@H]32. The largest absolute Gasteiger partial charge is 0.459 e. The number of amides is 2. The van der Waals surface area contributed by atoms with Crippen molar-refractivity contribution in [2.45, 2.75) is 109 Å². The fourth-order valence-corrected chi connectivity index (χ4v) is 8.68. The van der Waals surface area contributed by atoms with Crippen LogP contribution in [0.4, 0.5) is 4.79 Å². The van der Waals surface area contributed by atoms with Crippen molar-refractivity contribution >= 4 is 17.7 Å². The number of allylic oxidation sites excluding steroid dienone is 1. The van der Waals surface area contributed by atoms with Crippen LogP contribution >= 0.6 is 0 Å². The fraction of sp³-hybridized carbons (Fsp3) is 0.556. The number of nitrogens with zero attached hydrogens (tertiary/aromatic N) is 3. The predicted octanol–water partition coefficient (Wildman–Crippen LogP) is 7.65. The Morgan fingerprint density at radius 3 is 2.44 bits per heavy atom. The molecule has 6 atom stereocenters. The summed E-state index contributed by atoms with van der Waals surface area (Å²) >= 11 is 0. The number of hydrogen-bond acceptors (Lipinski definition) is 10. The van der Waals surface area contributed by atoms with Crippen molar-refractivity contribution in [3.05, 3.63) is 83.5 Å². The summed E-state index contributed by atoms with van der Waals surface area (Å²) in [4.78, 5) is 35.5. The van der Waals surface area contributed by atoms with Gasteiger partial charge >= 0.3 is 6.09 Å². The lowest BCUT2D eigenvalue weighted by Crippen LogP contribution is -2.70. The highest BCUT2D eigenvalue weighted by Crippen LogP contribution is 2.62. The van der Waals surface area contributed by atoms with Crippen LogP contribution in [0.5, 0.6) is 11.5 Å². The number of carbonyl (C=O) groups is 2. The molecule has 1 aliphatic heterocycles. The maximum atomic E-state index is 14.8. The third kappa shape index (κ3) is 9.89. The van der Waals surface area contributed by atoms with Gasteiger partial charge in [-0.15, -0.1) is 6.58 Å². The summed E-state index contributed by atoms with van der Waals surface area (Å²) in [5.74, 6) is -1.46. The Balaban J connectivity index is 1.81. The predicted molar refractivity (Wildman–Crippen MR) is 218 cm³/mol. The van der Waals surface area contributed by atoms with Gasteiger partial charge in [0.2, 0.25) is 5.79 Å². The zero-order valence-electron chi connectivity index (χ0n) is 34.2. The number of aliphatic hydroxyl groups is 2. The van der Waals surface area contributed by atoms with Crippen molar-refractivity contribution in [3.63, 3.8) is 0 Å². The van der Waals surface area contributed by atoms with Gasteiger partial charge in [0.05, 0.1) is 29.9 Å². The number of ether oxygens (including phenoxy) is 3. The minimum absolute atomic E-state index is 0.00968. The zero-order valence-corrected chi connectivity index (χ0v) is 34.2. The topological polar surface area (TPSA) is 163 Å². The van der Waals surface area contributed by atoms with Gasteiger partial charge in [-0.3, -0.25) is 4.79 Å². The van der Waals surface area contributed by atoms with E-state index in [9.17, 15) is 25.1 Å². The number of benzene rings is 2. The molecule has 0 radical (unpaired) electrons. The zero-order chi connectivity index (χ0) is 41.2. The number of carbonyl (C=O) groups excluding carboxylic acids is 2. The van der Waals surface area contributed by atoms with Gasteiger partial charge in [0.15, 0.2) is 0 Å². The molecule has 0 aromatic heterocycles.